The van der Waals surface area contributed by atoms with E-state index < -0.39 is 0 Å². The van der Waals surface area contributed by atoms with Gasteiger partial charge in [0.25, 0.3) is 0 Å². The van der Waals surface area contributed by atoms with Crippen molar-refractivity contribution in [2.45, 2.75) is 24.1 Å². The van der Waals surface area contributed by atoms with Crippen molar-refractivity contribution < 1.29 is 4.79 Å². The lowest BCUT2D eigenvalue weighted by atomic mass is 10.2. The Labute approximate surface area is 126 Å². The summed E-state index contributed by atoms with van der Waals surface area (Å²) in [6, 6.07) is 7.28. The number of nitrogen functional groups attached to an aromatic ring is 1. The normalized spacial score (nSPS) is 10.4. The fourth-order valence-electron chi connectivity index (χ4n) is 1.61. The third kappa shape index (κ3) is 4.54. The molecule has 0 saturated heterocycles. The standard InChI is InChI=1S/C14H17N3OS2/c1-10-9-20-14(16-10)19-8-4-7-13(18)17-12-6-3-2-5-11(12)15/h2-3,5-6,9H,4,7-8,15H2,1H3,(H,17,18). The topological polar surface area (TPSA) is 68.0 Å². The lowest BCUT2D eigenvalue weighted by Gasteiger charge is -2.07. The summed E-state index contributed by atoms with van der Waals surface area (Å²) in [5, 5.41) is 4.86. The fraction of sp³-hybridized carbons (Fsp3) is 0.286. The maximum atomic E-state index is 11.8. The highest BCUT2D eigenvalue weighted by atomic mass is 32.2. The van der Waals surface area contributed by atoms with Crippen LogP contribution in [-0.4, -0.2) is 16.6 Å². The molecule has 0 unspecified atom stereocenters. The summed E-state index contributed by atoms with van der Waals surface area (Å²) in [5.41, 5.74) is 8.10. The molecule has 0 bridgehead atoms. The third-order valence-electron chi connectivity index (χ3n) is 2.61. The number of rotatable bonds is 6. The van der Waals surface area contributed by atoms with Gasteiger partial charge in [-0.3, -0.25) is 4.79 Å². The van der Waals surface area contributed by atoms with E-state index in [0.717, 1.165) is 22.2 Å². The van der Waals surface area contributed by atoms with Crippen molar-refractivity contribution >= 4 is 40.4 Å². The van der Waals surface area contributed by atoms with Gasteiger partial charge in [0.2, 0.25) is 5.91 Å². The summed E-state index contributed by atoms with van der Waals surface area (Å²) in [7, 11) is 0. The van der Waals surface area contributed by atoms with Crippen molar-refractivity contribution in [2.75, 3.05) is 16.8 Å². The predicted molar refractivity (Wildman–Crippen MR) is 86.3 cm³/mol. The van der Waals surface area contributed by atoms with E-state index in [1.807, 2.05) is 24.4 Å². The lowest BCUT2D eigenvalue weighted by molar-refractivity contribution is -0.116. The van der Waals surface area contributed by atoms with E-state index in [4.69, 9.17) is 5.73 Å². The molecule has 20 heavy (non-hydrogen) atoms. The van der Waals surface area contributed by atoms with Gasteiger partial charge in [-0.1, -0.05) is 23.9 Å². The van der Waals surface area contributed by atoms with Gasteiger partial charge in [0, 0.05) is 23.2 Å². The van der Waals surface area contributed by atoms with E-state index in [-0.39, 0.29) is 5.91 Å². The van der Waals surface area contributed by atoms with Crippen LogP contribution in [0.4, 0.5) is 11.4 Å². The minimum Gasteiger partial charge on any atom is -0.397 e. The van der Waals surface area contributed by atoms with Crippen molar-refractivity contribution in [3.05, 3.63) is 35.3 Å². The van der Waals surface area contributed by atoms with Gasteiger partial charge in [0.15, 0.2) is 0 Å². The van der Waals surface area contributed by atoms with Crippen LogP contribution in [-0.2, 0) is 4.79 Å². The van der Waals surface area contributed by atoms with Crippen LogP contribution < -0.4 is 11.1 Å². The summed E-state index contributed by atoms with van der Waals surface area (Å²) >= 11 is 3.34. The van der Waals surface area contributed by atoms with Crippen LogP contribution in [0, 0.1) is 6.92 Å². The van der Waals surface area contributed by atoms with Gasteiger partial charge < -0.3 is 11.1 Å². The van der Waals surface area contributed by atoms with Gasteiger partial charge >= 0.3 is 0 Å². The lowest BCUT2D eigenvalue weighted by Crippen LogP contribution is -2.12. The second-order valence-electron chi connectivity index (χ2n) is 4.34. The zero-order chi connectivity index (χ0) is 14.4. The van der Waals surface area contributed by atoms with Gasteiger partial charge in [-0.2, -0.15) is 0 Å². The molecule has 0 radical (unpaired) electrons. The van der Waals surface area contributed by atoms with Crippen LogP contribution in [0.1, 0.15) is 18.5 Å². The first-order chi connectivity index (χ1) is 9.65. The van der Waals surface area contributed by atoms with E-state index in [1.54, 1.807) is 35.2 Å². The van der Waals surface area contributed by atoms with Crippen molar-refractivity contribution in [1.29, 1.82) is 0 Å². The average Bonchev–Trinajstić information content (AvgIpc) is 2.83. The maximum absolute atomic E-state index is 11.8. The van der Waals surface area contributed by atoms with Crippen LogP contribution in [0.25, 0.3) is 0 Å². The number of benzene rings is 1. The number of amides is 1. The summed E-state index contributed by atoms with van der Waals surface area (Å²) in [5.74, 6) is 0.892. The quantitative estimate of drug-likeness (QED) is 0.486. The number of nitrogens with zero attached hydrogens (tertiary/aromatic N) is 1. The fourth-order valence-corrected chi connectivity index (χ4v) is 3.47. The number of carbonyl (C=O) groups excluding carboxylic acids is 1. The molecule has 1 aromatic heterocycles. The smallest absolute Gasteiger partial charge is 0.224 e. The van der Waals surface area contributed by atoms with Crippen LogP contribution in [0.5, 0.6) is 0 Å². The molecule has 6 heteroatoms. The summed E-state index contributed by atoms with van der Waals surface area (Å²) in [6.45, 7) is 1.98. The molecular formula is C14H17N3OS2. The molecule has 0 atom stereocenters. The van der Waals surface area contributed by atoms with E-state index in [0.29, 0.717) is 17.8 Å². The summed E-state index contributed by atoms with van der Waals surface area (Å²) in [4.78, 5) is 16.2. The molecule has 1 aromatic carbocycles. The van der Waals surface area contributed by atoms with Gasteiger partial charge in [-0.15, -0.1) is 11.3 Å². The number of hydrogen-bond acceptors (Lipinski definition) is 5. The minimum absolute atomic E-state index is 0.00109. The zero-order valence-electron chi connectivity index (χ0n) is 11.3. The largest absolute Gasteiger partial charge is 0.397 e. The number of carbonyl (C=O) groups is 1. The number of para-hydroxylation sites is 2. The first-order valence-corrected chi connectivity index (χ1v) is 8.21. The molecule has 2 aromatic rings. The molecule has 0 fully saturated rings. The minimum atomic E-state index is -0.00109. The highest BCUT2D eigenvalue weighted by Gasteiger charge is 2.05. The van der Waals surface area contributed by atoms with Crippen LogP contribution in [0.15, 0.2) is 34.0 Å². The van der Waals surface area contributed by atoms with E-state index in [9.17, 15) is 4.79 Å². The maximum Gasteiger partial charge on any atom is 0.224 e. The van der Waals surface area contributed by atoms with Gasteiger partial charge in [0.1, 0.15) is 4.34 Å². The second-order valence-corrected chi connectivity index (χ2v) is 6.54. The number of thiazole rings is 1. The molecule has 0 spiro atoms. The molecule has 2 rings (SSSR count). The van der Waals surface area contributed by atoms with E-state index in [2.05, 4.69) is 10.3 Å². The molecule has 0 saturated carbocycles. The summed E-state index contributed by atoms with van der Waals surface area (Å²) in [6.07, 6.45) is 1.31. The Morgan fingerprint density at radius 1 is 1.45 bits per heavy atom. The Morgan fingerprint density at radius 3 is 2.95 bits per heavy atom. The van der Waals surface area contributed by atoms with Gasteiger partial charge in [-0.25, -0.2) is 4.98 Å². The van der Waals surface area contributed by atoms with Crippen LogP contribution >= 0.6 is 23.1 Å². The number of thioether (sulfide) groups is 1. The third-order valence-corrected chi connectivity index (χ3v) is 4.83. The highest BCUT2D eigenvalue weighted by molar-refractivity contribution is 8.01. The van der Waals surface area contributed by atoms with Crippen LogP contribution in [0.2, 0.25) is 0 Å². The van der Waals surface area contributed by atoms with Crippen LogP contribution in [0.3, 0.4) is 0 Å². The molecular weight excluding hydrogens is 290 g/mol. The Kier molecular flexibility index (Phi) is 5.43. The monoisotopic (exact) mass is 307 g/mol. The molecule has 0 aliphatic rings. The van der Waals surface area contributed by atoms with Gasteiger partial charge in [-0.05, 0) is 25.5 Å². The Hall–Kier alpha value is -1.53. The Bertz CT molecular complexity index is 583. The first-order valence-electron chi connectivity index (χ1n) is 6.34. The number of anilines is 2. The Balaban J connectivity index is 1.69. The van der Waals surface area contributed by atoms with Crippen molar-refractivity contribution in [2.24, 2.45) is 0 Å². The van der Waals surface area contributed by atoms with Crippen molar-refractivity contribution in [1.82, 2.24) is 4.98 Å². The second kappa shape index (κ2) is 7.31. The van der Waals surface area contributed by atoms with E-state index in [1.165, 1.54) is 0 Å². The molecule has 4 nitrogen and oxygen atoms in total. The van der Waals surface area contributed by atoms with E-state index >= 15 is 0 Å². The first kappa shape index (κ1) is 14.9. The molecule has 3 N–H and O–H groups in total. The predicted octanol–water partition coefficient (Wildman–Crippen LogP) is 3.54. The highest BCUT2D eigenvalue weighted by Crippen LogP contribution is 2.23. The molecule has 1 heterocycles. The van der Waals surface area contributed by atoms with Crippen molar-refractivity contribution in [3.8, 4) is 0 Å². The molecule has 1 amide bonds. The zero-order valence-corrected chi connectivity index (χ0v) is 12.9. The molecule has 0 aliphatic heterocycles. The Morgan fingerprint density at radius 2 is 2.25 bits per heavy atom. The summed E-state index contributed by atoms with van der Waals surface area (Å²) < 4.78 is 1.07. The average molecular weight is 307 g/mol. The molecule has 106 valence electrons. The number of nitrogens with two attached hydrogens (primary N) is 1. The number of aryl methyl sites for hydroxylation is 1. The number of hydrogen-bond donors (Lipinski definition) is 2. The number of nitrogens with one attached hydrogen (secondary N) is 1. The molecule has 0 aliphatic carbocycles. The van der Waals surface area contributed by atoms with Gasteiger partial charge in [0.05, 0.1) is 11.4 Å². The van der Waals surface area contributed by atoms with Crippen molar-refractivity contribution in [3.63, 3.8) is 0 Å². The SMILES string of the molecule is Cc1csc(SCCCC(=O)Nc2ccccc2N)n1. The number of aromatic nitrogens is 1.